The highest BCUT2D eigenvalue weighted by Crippen LogP contribution is 2.50. The molecule has 200 valence electrons. The number of unbranched alkanes of at least 4 members (excludes halogenated alkanes) is 3. The standard InChI is InChI=1S/C30H42F3NO2/c1-4-6-8-17-35-18-9-19-36-26-14-11-23(12-15-26)27-16-13-24-21-25(20-22(3)10-7-5-2)34-29(31)28(24)30(27,32)33/h11-12,14-15,21-22,27H,4-10,13,16-20H2,1-3H3. The van der Waals surface area contributed by atoms with Gasteiger partial charge < -0.3 is 9.47 Å². The van der Waals surface area contributed by atoms with Crippen LogP contribution in [0.5, 0.6) is 5.75 Å². The van der Waals surface area contributed by atoms with E-state index in [9.17, 15) is 4.39 Å². The van der Waals surface area contributed by atoms with Crippen LogP contribution < -0.4 is 4.74 Å². The van der Waals surface area contributed by atoms with Crippen molar-refractivity contribution in [1.82, 2.24) is 4.98 Å². The van der Waals surface area contributed by atoms with Crippen LogP contribution in [-0.2, 0) is 23.5 Å². The van der Waals surface area contributed by atoms with E-state index >= 15 is 8.78 Å². The largest absolute Gasteiger partial charge is 0.494 e. The first-order valence-electron chi connectivity index (χ1n) is 13.7. The molecule has 3 nitrogen and oxygen atoms in total. The van der Waals surface area contributed by atoms with Crippen molar-refractivity contribution < 1.29 is 22.6 Å². The van der Waals surface area contributed by atoms with E-state index in [4.69, 9.17) is 9.47 Å². The average Bonchev–Trinajstić information content (AvgIpc) is 2.84. The van der Waals surface area contributed by atoms with Gasteiger partial charge in [0.2, 0.25) is 5.95 Å². The number of ether oxygens (including phenoxy) is 2. The van der Waals surface area contributed by atoms with Crippen molar-refractivity contribution in [3.8, 4) is 5.75 Å². The van der Waals surface area contributed by atoms with Crippen LogP contribution in [0, 0.1) is 11.9 Å². The number of fused-ring (bicyclic) bond motifs is 1. The molecule has 2 aromatic rings. The number of halogens is 3. The third-order valence-corrected chi connectivity index (χ3v) is 7.07. The van der Waals surface area contributed by atoms with E-state index in [-0.39, 0.29) is 6.42 Å². The molecule has 1 heterocycles. The van der Waals surface area contributed by atoms with Crippen LogP contribution in [0.1, 0.15) is 100 Å². The number of hydrogen-bond donors (Lipinski definition) is 0. The maximum Gasteiger partial charge on any atom is 0.284 e. The lowest BCUT2D eigenvalue weighted by Gasteiger charge is -2.34. The maximum absolute atomic E-state index is 15.5. The van der Waals surface area contributed by atoms with Gasteiger partial charge in [-0.1, -0.05) is 65.0 Å². The predicted molar refractivity (Wildman–Crippen MR) is 138 cm³/mol. The molecule has 0 bridgehead atoms. The van der Waals surface area contributed by atoms with Gasteiger partial charge in [0.25, 0.3) is 5.92 Å². The number of aryl methyl sites for hydroxylation is 1. The Hall–Kier alpha value is -2.08. The van der Waals surface area contributed by atoms with Gasteiger partial charge in [-0.3, -0.25) is 0 Å². The number of aromatic nitrogens is 1. The summed E-state index contributed by atoms with van der Waals surface area (Å²) in [6.45, 7) is 8.33. The summed E-state index contributed by atoms with van der Waals surface area (Å²) < 4.78 is 57.3. The van der Waals surface area contributed by atoms with Crippen molar-refractivity contribution in [2.75, 3.05) is 19.8 Å². The van der Waals surface area contributed by atoms with Crippen molar-refractivity contribution in [3.63, 3.8) is 0 Å². The van der Waals surface area contributed by atoms with E-state index in [1.54, 1.807) is 30.3 Å². The summed E-state index contributed by atoms with van der Waals surface area (Å²) in [7, 11) is 0. The molecule has 2 unspecified atom stereocenters. The first-order chi connectivity index (χ1) is 17.4. The fourth-order valence-corrected chi connectivity index (χ4v) is 5.02. The van der Waals surface area contributed by atoms with Crippen LogP contribution in [0.15, 0.2) is 30.3 Å². The molecule has 2 atom stereocenters. The van der Waals surface area contributed by atoms with Crippen LogP contribution in [0.2, 0.25) is 0 Å². The monoisotopic (exact) mass is 505 g/mol. The van der Waals surface area contributed by atoms with Crippen molar-refractivity contribution >= 4 is 0 Å². The van der Waals surface area contributed by atoms with Gasteiger partial charge in [-0.05, 0) is 60.9 Å². The SMILES string of the molecule is CCCCCOCCCOc1ccc(C2CCc3cc(CC(C)CCCC)nc(F)c3C2(F)F)cc1. The fourth-order valence-electron chi connectivity index (χ4n) is 5.02. The first kappa shape index (κ1) is 28.5. The fraction of sp³-hybridized carbons (Fsp3) is 0.633. The highest BCUT2D eigenvalue weighted by atomic mass is 19.3. The molecule has 3 rings (SSSR count). The van der Waals surface area contributed by atoms with Gasteiger partial charge in [0, 0.05) is 25.3 Å². The molecule has 1 aromatic heterocycles. The average molecular weight is 506 g/mol. The summed E-state index contributed by atoms with van der Waals surface area (Å²) in [5.74, 6) is -4.42. The van der Waals surface area contributed by atoms with Gasteiger partial charge in [0.15, 0.2) is 0 Å². The van der Waals surface area contributed by atoms with Crippen molar-refractivity contribution in [2.45, 2.75) is 96.8 Å². The number of benzene rings is 1. The molecule has 0 fully saturated rings. The van der Waals surface area contributed by atoms with Crippen LogP contribution in [0.3, 0.4) is 0 Å². The molecule has 0 saturated heterocycles. The Morgan fingerprint density at radius 3 is 2.44 bits per heavy atom. The number of rotatable bonds is 15. The molecule has 0 amide bonds. The van der Waals surface area contributed by atoms with Crippen LogP contribution in [0.25, 0.3) is 0 Å². The zero-order chi connectivity index (χ0) is 26.0. The van der Waals surface area contributed by atoms with Gasteiger partial charge in [-0.25, -0.2) is 13.8 Å². The van der Waals surface area contributed by atoms with E-state index in [0.717, 1.165) is 38.7 Å². The molecule has 0 N–H and O–H groups in total. The van der Waals surface area contributed by atoms with Crippen LogP contribution in [-0.4, -0.2) is 24.8 Å². The Morgan fingerprint density at radius 2 is 1.72 bits per heavy atom. The summed E-state index contributed by atoms with van der Waals surface area (Å²) in [4.78, 5) is 3.96. The van der Waals surface area contributed by atoms with Gasteiger partial charge in [0.05, 0.1) is 18.1 Å². The van der Waals surface area contributed by atoms with Crippen LogP contribution >= 0.6 is 0 Å². The van der Waals surface area contributed by atoms with E-state index in [2.05, 4.69) is 25.8 Å². The minimum atomic E-state index is -3.31. The molecule has 0 radical (unpaired) electrons. The third kappa shape index (κ3) is 7.71. The maximum atomic E-state index is 15.5. The molecule has 0 aliphatic heterocycles. The number of nitrogens with zero attached hydrogens (tertiary/aromatic N) is 1. The summed E-state index contributed by atoms with van der Waals surface area (Å²) in [5.41, 5.74) is 0.951. The van der Waals surface area contributed by atoms with Crippen molar-refractivity contribution in [2.24, 2.45) is 5.92 Å². The van der Waals surface area contributed by atoms with Crippen molar-refractivity contribution in [3.05, 3.63) is 58.7 Å². The lowest BCUT2D eigenvalue weighted by Crippen LogP contribution is -2.32. The number of hydrogen-bond acceptors (Lipinski definition) is 3. The van der Waals surface area contributed by atoms with E-state index < -0.39 is 23.4 Å². The highest BCUT2D eigenvalue weighted by molar-refractivity contribution is 5.40. The topological polar surface area (TPSA) is 31.4 Å². The van der Waals surface area contributed by atoms with E-state index in [0.29, 0.717) is 54.5 Å². The Morgan fingerprint density at radius 1 is 1.00 bits per heavy atom. The summed E-state index contributed by atoms with van der Waals surface area (Å²) in [6, 6.07) is 8.50. The Balaban J connectivity index is 1.59. The molecule has 1 aliphatic carbocycles. The molecule has 1 aliphatic rings. The summed E-state index contributed by atoms with van der Waals surface area (Å²) >= 11 is 0. The van der Waals surface area contributed by atoms with Gasteiger partial charge in [0.1, 0.15) is 5.75 Å². The van der Waals surface area contributed by atoms with Crippen molar-refractivity contribution in [1.29, 1.82) is 0 Å². The van der Waals surface area contributed by atoms with E-state index in [1.165, 1.54) is 12.8 Å². The second-order valence-electron chi connectivity index (χ2n) is 10.2. The smallest absolute Gasteiger partial charge is 0.284 e. The molecule has 0 spiro atoms. The van der Waals surface area contributed by atoms with Gasteiger partial charge >= 0.3 is 0 Å². The molecule has 1 aromatic carbocycles. The number of alkyl halides is 2. The lowest BCUT2D eigenvalue weighted by atomic mass is 9.77. The first-order valence-corrected chi connectivity index (χ1v) is 13.7. The molecule has 36 heavy (non-hydrogen) atoms. The van der Waals surface area contributed by atoms with Gasteiger partial charge in [-0.15, -0.1) is 0 Å². The second kappa shape index (κ2) is 14.0. The Bertz CT molecular complexity index is 933. The third-order valence-electron chi connectivity index (χ3n) is 7.07. The Labute approximate surface area is 214 Å². The summed E-state index contributed by atoms with van der Waals surface area (Å²) in [5, 5.41) is 0. The summed E-state index contributed by atoms with van der Waals surface area (Å²) in [6.07, 6.45) is 8.74. The zero-order valence-electron chi connectivity index (χ0n) is 22.1. The van der Waals surface area contributed by atoms with E-state index in [1.807, 2.05) is 0 Å². The second-order valence-corrected chi connectivity index (χ2v) is 10.2. The molecular formula is C30H42F3NO2. The normalized spacial score (nSPS) is 17.6. The molecule has 6 heteroatoms. The highest BCUT2D eigenvalue weighted by Gasteiger charge is 2.49. The number of pyridine rings is 1. The lowest BCUT2D eigenvalue weighted by molar-refractivity contribution is -0.0475. The van der Waals surface area contributed by atoms with Crippen LogP contribution in [0.4, 0.5) is 13.2 Å². The quantitative estimate of drug-likeness (QED) is 0.180. The predicted octanol–water partition coefficient (Wildman–Crippen LogP) is 8.39. The molecular weight excluding hydrogens is 463 g/mol. The zero-order valence-corrected chi connectivity index (χ0v) is 22.1. The minimum Gasteiger partial charge on any atom is -0.494 e. The van der Waals surface area contributed by atoms with Gasteiger partial charge in [-0.2, -0.15) is 4.39 Å². The molecule has 0 saturated carbocycles. The minimum absolute atomic E-state index is 0.268. The Kier molecular flexibility index (Phi) is 11.1.